The molecule has 0 aromatic heterocycles. The molecule has 0 saturated carbocycles. The number of halogens is 1. The summed E-state index contributed by atoms with van der Waals surface area (Å²) in [5.74, 6) is -0.311. The fourth-order valence-electron chi connectivity index (χ4n) is 2.41. The van der Waals surface area contributed by atoms with Crippen LogP contribution in [0.4, 0.5) is 17.1 Å². The number of benzene rings is 3. The summed E-state index contributed by atoms with van der Waals surface area (Å²) in [6, 6.07) is 19.9. The van der Waals surface area contributed by atoms with Crippen LogP contribution in [-0.4, -0.2) is 17.0 Å². The molecule has 0 atom stereocenters. The first-order chi connectivity index (χ1) is 13.5. The first-order valence-corrected chi connectivity index (χ1v) is 8.60. The third-order valence-electron chi connectivity index (χ3n) is 3.73. The summed E-state index contributed by atoms with van der Waals surface area (Å²) in [7, 11) is 0. The Kier molecular flexibility index (Phi) is 5.98. The number of carbonyl (C=O) groups is 1. The standard InChI is InChI=1S/C20H15ClN4O3/c21-19-10-2-1-9-18(19)20(26)23-15-6-3-5-14(11-15)13-22-24-16-7-4-8-17(12-16)25(27)28/h1-13,24H,(H,23,26)/b22-13-. The number of nitro groups is 1. The van der Waals surface area contributed by atoms with E-state index in [0.717, 1.165) is 5.56 Å². The topological polar surface area (TPSA) is 96.6 Å². The molecule has 0 aliphatic rings. The van der Waals surface area contributed by atoms with Crippen LogP contribution < -0.4 is 10.7 Å². The van der Waals surface area contributed by atoms with Crippen molar-refractivity contribution in [3.8, 4) is 0 Å². The molecule has 0 unspecified atom stereocenters. The highest BCUT2D eigenvalue weighted by Crippen LogP contribution is 2.18. The Hall–Kier alpha value is -3.71. The first kappa shape index (κ1) is 19.1. The normalized spacial score (nSPS) is 10.6. The predicted molar refractivity (Wildman–Crippen MR) is 110 cm³/mol. The van der Waals surface area contributed by atoms with Gasteiger partial charge in [0.2, 0.25) is 0 Å². The van der Waals surface area contributed by atoms with E-state index in [2.05, 4.69) is 15.8 Å². The molecule has 28 heavy (non-hydrogen) atoms. The maximum Gasteiger partial charge on any atom is 0.271 e. The molecule has 0 bridgehead atoms. The quantitative estimate of drug-likeness (QED) is 0.351. The molecule has 0 heterocycles. The summed E-state index contributed by atoms with van der Waals surface area (Å²) in [5, 5.41) is 18.0. The maximum atomic E-state index is 12.3. The molecule has 3 aromatic rings. The van der Waals surface area contributed by atoms with Gasteiger partial charge >= 0.3 is 0 Å². The molecule has 3 aromatic carbocycles. The van der Waals surface area contributed by atoms with Crippen LogP contribution in [0, 0.1) is 10.1 Å². The number of nitrogens with zero attached hydrogens (tertiary/aromatic N) is 2. The van der Waals surface area contributed by atoms with Crippen molar-refractivity contribution in [2.24, 2.45) is 5.10 Å². The minimum Gasteiger partial charge on any atom is -0.322 e. The van der Waals surface area contributed by atoms with Crippen LogP contribution in [0.3, 0.4) is 0 Å². The van der Waals surface area contributed by atoms with Gasteiger partial charge in [-0.1, -0.05) is 41.9 Å². The van der Waals surface area contributed by atoms with Crippen molar-refractivity contribution in [1.29, 1.82) is 0 Å². The van der Waals surface area contributed by atoms with Crippen molar-refractivity contribution in [1.82, 2.24) is 0 Å². The SMILES string of the molecule is O=C(Nc1cccc(/C=N\Nc2cccc([N+](=O)[O-])c2)c1)c1ccccc1Cl. The van der Waals surface area contributed by atoms with E-state index in [0.29, 0.717) is 22.0 Å². The van der Waals surface area contributed by atoms with E-state index >= 15 is 0 Å². The minimum atomic E-state index is -0.472. The Morgan fingerprint density at radius 2 is 1.75 bits per heavy atom. The lowest BCUT2D eigenvalue weighted by Gasteiger charge is -2.07. The third kappa shape index (κ3) is 4.93. The number of amides is 1. The first-order valence-electron chi connectivity index (χ1n) is 8.22. The molecular formula is C20H15ClN4O3. The van der Waals surface area contributed by atoms with Gasteiger partial charge in [0, 0.05) is 17.8 Å². The number of hydrogen-bond donors (Lipinski definition) is 2. The van der Waals surface area contributed by atoms with E-state index in [9.17, 15) is 14.9 Å². The van der Waals surface area contributed by atoms with Gasteiger partial charge in [0.05, 0.1) is 27.4 Å². The van der Waals surface area contributed by atoms with Crippen molar-refractivity contribution in [2.45, 2.75) is 0 Å². The summed E-state index contributed by atoms with van der Waals surface area (Å²) in [6.07, 6.45) is 1.55. The number of nitro benzene ring substituents is 1. The molecule has 0 aliphatic carbocycles. The number of anilines is 2. The molecule has 0 saturated heterocycles. The van der Waals surface area contributed by atoms with Crippen LogP contribution in [0.1, 0.15) is 15.9 Å². The fourth-order valence-corrected chi connectivity index (χ4v) is 2.63. The fraction of sp³-hybridized carbons (Fsp3) is 0. The van der Waals surface area contributed by atoms with Crippen molar-refractivity contribution >= 4 is 40.8 Å². The zero-order chi connectivity index (χ0) is 19.9. The largest absolute Gasteiger partial charge is 0.322 e. The highest BCUT2D eigenvalue weighted by Gasteiger charge is 2.09. The van der Waals surface area contributed by atoms with Crippen molar-refractivity contribution < 1.29 is 9.72 Å². The van der Waals surface area contributed by atoms with Crippen LogP contribution in [0.25, 0.3) is 0 Å². The number of hydrogen-bond acceptors (Lipinski definition) is 5. The van der Waals surface area contributed by atoms with Crippen LogP contribution in [0.2, 0.25) is 5.02 Å². The van der Waals surface area contributed by atoms with Gasteiger partial charge in [0.1, 0.15) is 0 Å². The molecular weight excluding hydrogens is 380 g/mol. The molecule has 8 heteroatoms. The lowest BCUT2D eigenvalue weighted by molar-refractivity contribution is -0.384. The molecule has 0 radical (unpaired) electrons. The number of hydrazone groups is 1. The summed E-state index contributed by atoms with van der Waals surface area (Å²) in [6.45, 7) is 0. The molecule has 3 rings (SSSR count). The molecule has 140 valence electrons. The molecule has 1 amide bonds. The Labute approximate surface area is 165 Å². The molecule has 0 spiro atoms. The van der Waals surface area contributed by atoms with E-state index in [-0.39, 0.29) is 11.6 Å². The summed E-state index contributed by atoms with van der Waals surface area (Å²) < 4.78 is 0. The Balaban J connectivity index is 1.67. The average molecular weight is 395 g/mol. The van der Waals surface area contributed by atoms with Gasteiger partial charge < -0.3 is 5.32 Å². The lowest BCUT2D eigenvalue weighted by Crippen LogP contribution is -2.12. The zero-order valence-corrected chi connectivity index (χ0v) is 15.3. The van der Waals surface area contributed by atoms with Crippen LogP contribution >= 0.6 is 11.6 Å². The molecule has 0 fully saturated rings. The lowest BCUT2D eigenvalue weighted by atomic mass is 10.2. The number of nitrogens with one attached hydrogen (secondary N) is 2. The smallest absolute Gasteiger partial charge is 0.271 e. The predicted octanol–water partition coefficient (Wildman–Crippen LogP) is 4.95. The van der Waals surface area contributed by atoms with Gasteiger partial charge in [-0.15, -0.1) is 0 Å². The number of rotatable bonds is 6. The second-order valence-corrected chi connectivity index (χ2v) is 6.14. The van der Waals surface area contributed by atoms with E-state index < -0.39 is 4.92 Å². The van der Waals surface area contributed by atoms with Gasteiger partial charge in [0.25, 0.3) is 11.6 Å². The number of non-ortho nitro benzene ring substituents is 1. The van der Waals surface area contributed by atoms with Gasteiger partial charge in [-0.2, -0.15) is 5.10 Å². The average Bonchev–Trinajstić information content (AvgIpc) is 2.69. The van der Waals surface area contributed by atoms with E-state index in [1.165, 1.54) is 12.1 Å². The van der Waals surface area contributed by atoms with Crippen LogP contribution in [-0.2, 0) is 0 Å². The number of carbonyl (C=O) groups excluding carboxylic acids is 1. The summed E-state index contributed by atoms with van der Waals surface area (Å²) in [5.41, 5.74) is 4.92. The zero-order valence-electron chi connectivity index (χ0n) is 14.5. The van der Waals surface area contributed by atoms with E-state index in [4.69, 9.17) is 11.6 Å². The Bertz CT molecular complexity index is 1050. The maximum absolute atomic E-state index is 12.3. The van der Waals surface area contributed by atoms with Crippen molar-refractivity contribution in [3.63, 3.8) is 0 Å². The third-order valence-corrected chi connectivity index (χ3v) is 4.06. The van der Waals surface area contributed by atoms with Gasteiger partial charge in [0.15, 0.2) is 0 Å². The van der Waals surface area contributed by atoms with E-state index in [1.807, 2.05) is 6.07 Å². The van der Waals surface area contributed by atoms with Gasteiger partial charge in [-0.3, -0.25) is 20.3 Å². The second kappa shape index (κ2) is 8.79. The van der Waals surface area contributed by atoms with Crippen molar-refractivity contribution in [3.05, 3.63) is 99.1 Å². The summed E-state index contributed by atoms with van der Waals surface area (Å²) in [4.78, 5) is 22.7. The Morgan fingerprint density at radius 1 is 1.00 bits per heavy atom. The molecule has 0 aliphatic heterocycles. The van der Waals surface area contributed by atoms with Crippen molar-refractivity contribution in [2.75, 3.05) is 10.7 Å². The van der Waals surface area contributed by atoms with Crippen LogP contribution in [0.15, 0.2) is 77.9 Å². The monoisotopic (exact) mass is 394 g/mol. The van der Waals surface area contributed by atoms with E-state index in [1.54, 1.807) is 60.8 Å². The second-order valence-electron chi connectivity index (χ2n) is 5.74. The highest BCUT2D eigenvalue weighted by molar-refractivity contribution is 6.34. The van der Waals surface area contributed by atoms with Crippen LogP contribution in [0.5, 0.6) is 0 Å². The highest BCUT2D eigenvalue weighted by atomic mass is 35.5. The van der Waals surface area contributed by atoms with Gasteiger partial charge in [-0.05, 0) is 35.9 Å². The van der Waals surface area contributed by atoms with Gasteiger partial charge in [-0.25, -0.2) is 0 Å². The Morgan fingerprint density at radius 3 is 2.54 bits per heavy atom. The summed E-state index contributed by atoms with van der Waals surface area (Å²) >= 11 is 6.04. The molecule has 7 nitrogen and oxygen atoms in total. The molecule has 2 N–H and O–H groups in total. The minimum absolute atomic E-state index is 0.0236.